The summed E-state index contributed by atoms with van der Waals surface area (Å²) >= 11 is 0. The van der Waals surface area contributed by atoms with E-state index in [1.165, 1.54) is 26.9 Å². The van der Waals surface area contributed by atoms with Crippen molar-refractivity contribution in [2.75, 3.05) is 0 Å². The minimum Gasteiger partial charge on any atom is -0.456 e. The normalized spacial score (nSPS) is 11.8. The number of imidazole rings is 1. The molecule has 0 radical (unpaired) electrons. The van der Waals surface area contributed by atoms with E-state index < -0.39 is 0 Å². The monoisotopic (exact) mass is 665 g/mol. The zero-order chi connectivity index (χ0) is 34.2. The van der Waals surface area contributed by atoms with Crippen molar-refractivity contribution in [2.45, 2.75) is 0 Å². The fourth-order valence-electron chi connectivity index (χ4n) is 7.75. The second kappa shape index (κ2) is 11.2. The lowest BCUT2D eigenvalue weighted by Crippen LogP contribution is -2.05. The van der Waals surface area contributed by atoms with Gasteiger partial charge in [0.25, 0.3) is 0 Å². The van der Waals surface area contributed by atoms with Crippen LogP contribution in [0, 0.1) is 0 Å². The zero-order valence-corrected chi connectivity index (χ0v) is 27.7. The van der Waals surface area contributed by atoms with Gasteiger partial charge in [0.05, 0.1) is 11.0 Å². The highest BCUT2D eigenvalue weighted by molar-refractivity contribution is 6.25. The van der Waals surface area contributed by atoms with Crippen molar-refractivity contribution in [2.24, 2.45) is 0 Å². The van der Waals surface area contributed by atoms with Gasteiger partial charge in [0.2, 0.25) is 0 Å². The molecule has 0 saturated carbocycles. The molecule has 0 atom stereocenters. The van der Waals surface area contributed by atoms with Crippen molar-refractivity contribution in [1.29, 1.82) is 0 Å². The molecule has 0 aliphatic rings. The third kappa shape index (κ3) is 4.31. The number of nitrogens with zero attached hydrogens (tertiary/aromatic N) is 5. The molecule has 6 heteroatoms. The third-order valence-electron chi connectivity index (χ3n) is 10.1. The zero-order valence-electron chi connectivity index (χ0n) is 27.7. The van der Waals surface area contributed by atoms with Gasteiger partial charge in [-0.05, 0) is 74.8 Å². The Morgan fingerprint density at radius 3 is 1.79 bits per heavy atom. The molecule has 6 nitrogen and oxygen atoms in total. The summed E-state index contributed by atoms with van der Waals surface area (Å²) in [6.45, 7) is 0. The van der Waals surface area contributed by atoms with E-state index in [2.05, 4.69) is 102 Å². The average molecular weight is 666 g/mol. The first-order valence-electron chi connectivity index (χ1n) is 17.3. The highest BCUT2D eigenvalue weighted by Crippen LogP contribution is 2.39. The molecule has 0 aliphatic heterocycles. The number of fused-ring (bicyclic) bond motifs is 10. The number of para-hydroxylation sites is 4. The predicted octanol–water partition coefficient (Wildman–Crippen LogP) is 11.6. The Bertz CT molecular complexity index is 3160. The summed E-state index contributed by atoms with van der Waals surface area (Å²) in [7, 11) is 0. The van der Waals surface area contributed by atoms with Crippen LogP contribution in [0.4, 0.5) is 0 Å². The first-order chi connectivity index (χ1) is 25.8. The summed E-state index contributed by atoms with van der Waals surface area (Å²) < 4.78 is 8.43. The SMILES string of the molecule is c1ccc(-n2c(-c3nc(-c4ccc5c6ccccc6c6ccccc6c5c4)nc(-c4cccc5oc6ccccc6c45)n3)nc3ccccc32)cc1. The van der Waals surface area contributed by atoms with Crippen LogP contribution < -0.4 is 0 Å². The second-order valence-electron chi connectivity index (χ2n) is 13.0. The standard InChI is InChI=1S/C46H27N5O/c1-2-13-29(14-3-1)51-39-22-10-9-21-38(39)47-46(51)45-49-43(48-44(50-45)36-20-12-24-41-42(36)35-19-8-11-23-40(35)52-41)28-25-26-34-32-17-5-4-15-30(32)31-16-6-7-18-33(31)37(34)27-28/h1-27H. The molecule has 0 amide bonds. The van der Waals surface area contributed by atoms with Crippen molar-refractivity contribution in [3.8, 4) is 40.1 Å². The Labute approximate surface area is 297 Å². The fraction of sp³-hybridized carbons (Fsp3) is 0. The quantitative estimate of drug-likeness (QED) is 0.175. The number of aromatic nitrogens is 5. The number of furan rings is 1. The highest BCUT2D eigenvalue weighted by Gasteiger charge is 2.22. The molecule has 0 bridgehead atoms. The van der Waals surface area contributed by atoms with E-state index in [0.717, 1.165) is 55.2 Å². The molecule has 8 aromatic carbocycles. The fourth-order valence-corrected chi connectivity index (χ4v) is 7.75. The molecular formula is C46H27N5O. The summed E-state index contributed by atoms with van der Waals surface area (Å²) in [6, 6.07) is 56.3. The van der Waals surface area contributed by atoms with Crippen molar-refractivity contribution in [3.63, 3.8) is 0 Å². The molecule has 0 unspecified atom stereocenters. The summed E-state index contributed by atoms with van der Waals surface area (Å²) in [6.07, 6.45) is 0. The van der Waals surface area contributed by atoms with Crippen LogP contribution in [-0.4, -0.2) is 24.5 Å². The van der Waals surface area contributed by atoms with Gasteiger partial charge in [-0.25, -0.2) is 19.9 Å². The Kier molecular flexibility index (Phi) is 6.15. The van der Waals surface area contributed by atoms with E-state index in [4.69, 9.17) is 24.4 Å². The van der Waals surface area contributed by atoms with Crippen LogP contribution in [0.2, 0.25) is 0 Å². The molecule has 11 rings (SSSR count). The summed E-state index contributed by atoms with van der Waals surface area (Å²) in [4.78, 5) is 20.8. The van der Waals surface area contributed by atoms with Gasteiger partial charge in [-0.2, -0.15) is 0 Å². The molecule has 11 aromatic rings. The van der Waals surface area contributed by atoms with Crippen molar-refractivity contribution in [3.05, 3.63) is 164 Å². The van der Waals surface area contributed by atoms with E-state index in [-0.39, 0.29) is 0 Å². The third-order valence-corrected chi connectivity index (χ3v) is 10.1. The van der Waals surface area contributed by atoms with Crippen LogP contribution in [0.25, 0.3) is 105 Å². The predicted molar refractivity (Wildman–Crippen MR) is 211 cm³/mol. The van der Waals surface area contributed by atoms with Crippen molar-refractivity contribution < 1.29 is 4.42 Å². The topological polar surface area (TPSA) is 69.6 Å². The number of rotatable bonds is 4. The molecule has 52 heavy (non-hydrogen) atoms. The summed E-state index contributed by atoms with van der Waals surface area (Å²) in [5, 5.41) is 9.18. The molecule has 0 saturated heterocycles. The Morgan fingerprint density at radius 2 is 1.00 bits per heavy atom. The molecule has 0 aliphatic carbocycles. The maximum atomic E-state index is 6.30. The molecule has 3 heterocycles. The Hall–Kier alpha value is -7.18. The first kappa shape index (κ1) is 28.6. The van der Waals surface area contributed by atoms with Crippen LogP contribution in [0.15, 0.2) is 168 Å². The smallest absolute Gasteiger partial charge is 0.200 e. The largest absolute Gasteiger partial charge is 0.456 e. The van der Waals surface area contributed by atoms with Crippen LogP contribution in [-0.2, 0) is 0 Å². The second-order valence-corrected chi connectivity index (χ2v) is 13.0. The Balaban J connectivity index is 1.23. The minimum absolute atomic E-state index is 0.480. The van der Waals surface area contributed by atoms with Gasteiger partial charge in [0, 0.05) is 27.6 Å². The Morgan fingerprint density at radius 1 is 0.404 bits per heavy atom. The lowest BCUT2D eigenvalue weighted by Gasteiger charge is -2.13. The molecule has 0 fully saturated rings. The number of hydrogen-bond donors (Lipinski definition) is 0. The molecule has 0 spiro atoms. The molecule has 242 valence electrons. The van der Waals surface area contributed by atoms with Gasteiger partial charge < -0.3 is 4.42 Å². The van der Waals surface area contributed by atoms with Gasteiger partial charge in [0.15, 0.2) is 23.3 Å². The molecule has 0 N–H and O–H groups in total. The van der Waals surface area contributed by atoms with Crippen LogP contribution >= 0.6 is 0 Å². The number of benzene rings is 8. The summed E-state index contributed by atoms with van der Waals surface area (Å²) in [5.74, 6) is 2.23. The van der Waals surface area contributed by atoms with Gasteiger partial charge in [-0.1, -0.05) is 121 Å². The van der Waals surface area contributed by atoms with Gasteiger partial charge in [0.1, 0.15) is 11.2 Å². The van der Waals surface area contributed by atoms with Crippen LogP contribution in [0.5, 0.6) is 0 Å². The number of hydrogen-bond acceptors (Lipinski definition) is 5. The van der Waals surface area contributed by atoms with Crippen LogP contribution in [0.3, 0.4) is 0 Å². The van der Waals surface area contributed by atoms with E-state index >= 15 is 0 Å². The lowest BCUT2D eigenvalue weighted by atomic mass is 9.93. The summed E-state index contributed by atoms with van der Waals surface area (Å²) in [5.41, 5.74) is 6.16. The first-order valence-corrected chi connectivity index (χ1v) is 17.3. The van der Waals surface area contributed by atoms with Gasteiger partial charge >= 0.3 is 0 Å². The maximum Gasteiger partial charge on any atom is 0.200 e. The van der Waals surface area contributed by atoms with E-state index in [1.54, 1.807) is 0 Å². The van der Waals surface area contributed by atoms with E-state index in [9.17, 15) is 0 Å². The van der Waals surface area contributed by atoms with Crippen molar-refractivity contribution >= 4 is 65.3 Å². The average Bonchev–Trinajstić information content (AvgIpc) is 3.80. The lowest BCUT2D eigenvalue weighted by molar-refractivity contribution is 0.669. The van der Waals surface area contributed by atoms with Gasteiger partial charge in [-0.15, -0.1) is 0 Å². The molecular weight excluding hydrogens is 639 g/mol. The maximum absolute atomic E-state index is 6.30. The molecule has 3 aromatic heterocycles. The minimum atomic E-state index is 0.480. The highest BCUT2D eigenvalue weighted by atomic mass is 16.3. The van der Waals surface area contributed by atoms with Crippen LogP contribution in [0.1, 0.15) is 0 Å². The van der Waals surface area contributed by atoms with E-state index in [1.807, 2.05) is 66.7 Å². The van der Waals surface area contributed by atoms with E-state index in [0.29, 0.717) is 23.3 Å². The van der Waals surface area contributed by atoms with Gasteiger partial charge in [-0.3, -0.25) is 4.57 Å². The van der Waals surface area contributed by atoms with Crippen molar-refractivity contribution in [1.82, 2.24) is 24.5 Å².